The van der Waals surface area contributed by atoms with Gasteiger partial charge in [-0.3, -0.25) is 0 Å². The molecule has 0 saturated heterocycles. The molecule has 0 aromatic heterocycles. The zero-order chi connectivity index (χ0) is 15.2. The molecule has 0 aliphatic rings. The maximum absolute atomic E-state index is 5.99. The molecule has 0 spiro atoms. The van der Waals surface area contributed by atoms with Gasteiger partial charge in [-0.1, -0.05) is 13.8 Å². The Hall–Kier alpha value is -1.42. The van der Waals surface area contributed by atoms with Crippen molar-refractivity contribution in [2.75, 3.05) is 27.9 Å². The van der Waals surface area contributed by atoms with Crippen LogP contribution in [0.5, 0.6) is 17.2 Å². The quantitative estimate of drug-likeness (QED) is 0.796. The summed E-state index contributed by atoms with van der Waals surface area (Å²) in [5.41, 5.74) is 7.28. The lowest BCUT2D eigenvalue weighted by Crippen LogP contribution is -2.31. The van der Waals surface area contributed by atoms with Gasteiger partial charge in [0.05, 0.1) is 21.3 Å². The Morgan fingerprint density at radius 1 is 0.950 bits per heavy atom. The van der Waals surface area contributed by atoms with Crippen LogP contribution in [0.15, 0.2) is 12.1 Å². The predicted octanol–water partition coefficient (Wildman–Crippen LogP) is 3.02. The highest BCUT2D eigenvalue weighted by molar-refractivity contribution is 5.54. The molecule has 1 rings (SSSR count). The first-order valence-electron chi connectivity index (χ1n) is 7.08. The third-order valence-electron chi connectivity index (χ3n) is 4.24. The van der Waals surface area contributed by atoms with E-state index in [1.807, 2.05) is 12.1 Å². The van der Waals surface area contributed by atoms with E-state index in [4.69, 9.17) is 19.9 Å². The zero-order valence-electron chi connectivity index (χ0n) is 13.3. The fraction of sp³-hybridized carbons (Fsp3) is 0.625. The van der Waals surface area contributed by atoms with Crippen LogP contribution in [-0.2, 0) is 6.42 Å². The second kappa shape index (κ2) is 7.39. The molecule has 1 aromatic rings. The van der Waals surface area contributed by atoms with Crippen LogP contribution in [0.2, 0.25) is 0 Å². The molecule has 20 heavy (non-hydrogen) atoms. The van der Waals surface area contributed by atoms with Gasteiger partial charge in [0.1, 0.15) is 0 Å². The topological polar surface area (TPSA) is 53.7 Å². The van der Waals surface area contributed by atoms with Crippen molar-refractivity contribution in [3.05, 3.63) is 17.7 Å². The smallest absolute Gasteiger partial charge is 0.203 e. The Morgan fingerprint density at radius 2 is 1.45 bits per heavy atom. The monoisotopic (exact) mass is 281 g/mol. The molecule has 0 radical (unpaired) electrons. The number of nitrogens with two attached hydrogens (primary N) is 1. The summed E-state index contributed by atoms with van der Waals surface area (Å²) < 4.78 is 16.1. The molecule has 1 aromatic carbocycles. The molecule has 0 fully saturated rings. The normalized spacial score (nSPS) is 11.3. The second-order valence-corrected chi connectivity index (χ2v) is 5.12. The fourth-order valence-corrected chi connectivity index (χ4v) is 2.53. The van der Waals surface area contributed by atoms with Crippen molar-refractivity contribution in [1.29, 1.82) is 0 Å². The van der Waals surface area contributed by atoms with Gasteiger partial charge in [0.25, 0.3) is 0 Å². The van der Waals surface area contributed by atoms with Crippen molar-refractivity contribution in [3.8, 4) is 17.2 Å². The summed E-state index contributed by atoms with van der Waals surface area (Å²) in [6.45, 7) is 5.05. The van der Waals surface area contributed by atoms with E-state index in [0.717, 1.165) is 24.8 Å². The van der Waals surface area contributed by atoms with Crippen LogP contribution in [0.25, 0.3) is 0 Å². The van der Waals surface area contributed by atoms with Crippen molar-refractivity contribution in [2.45, 2.75) is 33.1 Å². The van der Waals surface area contributed by atoms with Crippen molar-refractivity contribution < 1.29 is 14.2 Å². The van der Waals surface area contributed by atoms with Gasteiger partial charge in [0.2, 0.25) is 5.75 Å². The minimum atomic E-state index is 0.130. The molecule has 2 N–H and O–H groups in total. The SMILES string of the molecule is CCC(CC)(CN)Cc1cc(OC)c(OC)c(OC)c1. The van der Waals surface area contributed by atoms with E-state index >= 15 is 0 Å². The molecule has 0 saturated carbocycles. The van der Waals surface area contributed by atoms with Crippen LogP contribution in [-0.4, -0.2) is 27.9 Å². The molecular weight excluding hydrogens is 254 g/mol. The number of methoxy groups -OCH3 is 3. The molecule has 4 heteroatoms. The average molecular weight is 281 g/mol. The molecule has 0 amide bonds. The predicted molar refractivity (Wildman–Crippen MR) is 81.9 cm³/mol. The van der Waals surface area contributed by atoms with Gasteiger partial charge >= 0.3 is 0 Å². The van der Waals surface area contributed by atoms with Gasteiger partial charge in [-0.15, -0.1) is 0 Å². The Kier molecular flexibility index (Phi) is 6.14. The second-order valence-electron chi connectivity index (χ2n) is 5.12. The van der Waals surface area contributed by atoms with Gasteiger partial charge in [-0.2, -0.15) is 0 Å². The molecule has 0 unspecified atom stereocenters. The lowest BCUT2D eigenvalue weighted by Gasteiger charge is -2.30. The number of hydrogen-bond donors (Lipinski definition) is 1. The van der Waals surface area contributed by atoms with Crippen LogP contribution in [0.3, 0.4) is 0 Å². The lowest BCUT2D eigenvalue weighted by molar-refractivity contribution is 0.269. The maximum Gasteiger partial charge on any atom is 0.203 e. The molecule has 0 aliphatic carbocycles. The molecule has 114 valence electrons. The van der Waals surface area contributed by atoms with Crippen LogP contribution in [0.4, 0.5) is 0 Å². The summed E-state index contributed by atoms with van der Waals surface area (Å²) >= 11 is 0. The van der Waals surface area contributed by atoms with Crippen LogP contribution in [0.1, 0.15) is 32.3 Å². The Labute approximate surface area is 122 Å². The zero-order valence-corrected chi connectivity index (χ0v) is 13.3. The van der Waals surface area contributed by atoms with E-state index in [1.165, 1.54) is 0 Å². The number of ether oxygens (including phenoxy) is 3. The van der Waals surface area contributed by atoms with Crippen molar-refractivity contribution >= 4 is 0 Å². The minimum Gasteiger partial charge on any atom is -0.493 e. The summed E-state index contributed by atoms with van der Waals surface area (Å²) in [6.07, 6.45) is 3.01. The lowest BCUT2D eigenvalue weighted by atomic mass is 9.77. The van der Waals surface area contributed by atoms with Gasteiger partial charge in [0.15, 0.2) is 11.5 Å². The largest absolute Gasteiger partial charge is 0.493 e. The van der Waals surface area contributed by atoms with E-state index < -0.39 is 0 Å². The van der Waals surface area contributed by atoms with Crippen LogP contribution >= 0.6 is 0 Å². The van der Waals surface area contributed by atoms with Gasteiger partial charge < -0.3 is 19.9 Å². The highest BCUT2D eigenvalue weighted by Gasteiger charge is 2.26. The van der Waals surface area contributed by atoms with Gasteiger partial charge in [-0.05, 0) is 48.9 Å². The van der Waals surface area contributed by atoms with Gasteiger partial charge in [0, 0.05) is 0 Å². The molecule has 4 nitrogen and oxygen atoms in total. The Bertz CT molecular complexity index is 394. The van der Waals surface area contributed by atoms with Crippen molar-refractivity contribution in [3.63, 3.8) is 0 Å². The first kappa shape index (κ1) is 16.6. The highest BCUT2D eigenvalue weighted by Crippen LogP contribution is 2.40. The molecule has 0 atom stereocenters. The summed E-state index contributed by atoms with van der Waals surface area (Å²) in [6, 6.07) is 4.02. The maximum atomic E-state index is 5.99. The molecule has 0 bridgehead atoms. The van der Waals surface area contributed by atoms with Crippen LogP contribution in [0, 0.1) is 5.41 Å². The first-order chi connectivity index (χ1) is 9.59. The van der Waals surface area contributed by atoms with E-state index in [2.05, 4.69) is 13.8 Å². The summed E-state index contributed by atoms with van der Waals surface area (Å²) in [5.74, 6) is 2.02. The standard InChI is InChI=1S/C16H27NO3/c1-6-16(7-2,11-17)10-12-8-13(18-3)15(20-5)14(9-12)19-4/h8-9H,6-7,10-11,17H2,1-5H3. The fourth-order valence-electron chi connectivity index (χ4n) is 2.53. The van der Waals surface area contributed by atoms with Crippen LogP contribution < -0.4 is 19.9 Å². The van der Waals surface area contributed by atoms with E-state index in [9.17, 15) is 0 Å². The van der Waals surface area contributed by atoms with Crippen molar-refractivity contribution in [1.82, 2.24) is 0 Å². The third kappa shape index (κ3) is 3.37. The molecular formula is C16H27NO3. The Morgan fingerprint density at radius 3 is 1.75 bits per heavy atom. The van der Waals surface area contributed by atoms with E-state index in [-0.39, 0.29) is 5.41 Å². The Balaban J connectivity index is 3.19. The van der Waals surface area contributed by atoms with E-state index in [0.29, 0.717) is 23.8 Å². The van der Waals surface area contributed by atoms with Gasteiger partial charge in [-0.25, -0.2) is 0 Å². The van der Waals surface area contributed by atoms with Crippen molar-refractivity contribution in [2.24, 2.45) is 11.1 Å². The van der Waals surface area contributed by atoms with E-state index in [1.54, 1.807) is 21.3 Å². The number of rotatable bonds is 8. The summed E-state index contributed by atoms with van der Waals surface area (Å²) in [7, 11) is 4.89. The minimum absolute atomic E-state index is 0.130. The third-order valence-corrected chi connectivity index (χ3v) is 4.24. The summed E-state index contributed by atoms with van der Waals surface area (Å²) in [5, 5.41) is 0. The molecule has 0 heterocycles. The summed E-state index contributed by atoms with van der Waals surface area (Å²) in [4.78, 5) is 0. The highest BCUT2D eigenvalue weighted by atomic mass is 16.5. The number of hydrogen-bond acceptors (Lipinski definition) is 4. The molecule has 0 aliphatic heterocycles. The first-order valence-corrected chi connectivity index (χ1v) is 7.08. The average Bonchev–Trinajstić information content (AvgIpc) is 2.51. The number of benzene rings is 1.